The van der Waals surface area contributed by atoms with E-state index in [9.17, 15) is 13.6 Å². The van der Waals surface area contributed by atoms with Gasteiger partial charge < -0.3 is 20.5 Å². The molecule has 3 N–H and O–H groups in total. The van der Waals surface area contributed by atoms with Gasteiger partial charge in [0, 0.05) is 24.9 Å². The third-order valence-corrected chi connectivity index (χ3v) is 4.09. The first-order valence-corrected chi connectivity index (χ1v) is 8.27. The Kier molecular flexibility index (Phi) is 5.34. The average Bonchev–Trinajstić information content (AvgIpc) is 2.94. The van der Waals surface area contributed by atoms with Gasteiger partial charge in [-0.25, -0.2) is 4.98 Å². The van der Waals surface area contributed by atoms with Crippen LogP contribution in [0.2, 0.25) is 5.02 Å². The second-order valence-electron chi connectivity index (χ2n) is 5.27. The molecule has 0 atom stereocenters. The summed E-state index contributed by atoms with van der Waals surface area (Å²) in [6.07, 6.45) is -0.193. The predicted molar refractivity (Wildman–Crippen MR) is 98.8 cm³/mol. The van der Waals surface area contributed by atoms with Gasteiger partial charge in [0.25, 0.3) is 5.91 Å². The Morgan fingerprint density at radius 3 is 2.54 bits per heavy atom. The fraction of sp³-hybridized carbons (Fsp3) is 0.125. The zero-order valence-corrected chi connectivity index (χ0v) is 15.6. The lowest BCUT2D eigenvalue weighted by Crippen LogP contribution is -2.25. The van der Waals surface area contributed by atoms with Crippen molar-refractivity contribution in [1.29, 1.82) is 0 Å². The second-order valence-corrected chi connectivity index (χ2v) is 6.09. The molecule has 1 aliphatic rings. The highest BCUT2D eigenvalue weighted by Gasteiger charge is 2.43. The molecule has 1 amide bonds. The summed E-state index contributed by atoms with van der Waals surface area (Å²) in [5.41, 5.74) is 5.73. The zero-order valence-electron chi connectivity index (χ0n) is 14.0. The Morgan fingerprint density at radius 1 is 1.29 bits per heavy atom. The molecule has 2 aromatic rings. The van der Waals surface area contributed by atoms with Gasteiger partial charge in [-0.2, -0.15) is 0 Å². The number of benzene rings is 1. The van der Waals surface area contributed by atoms with Gasteiger partial charge in [0.1, 0.15) is 5.71 Å². The van der Waals surface area contributed by atoms with Gasteiger partial charge in [0.15, 0.2) is 17.3 Å². The minimum atomic E-state index is -3.76. The quantitative estimate of drug-likeness (QED) is 0.721. The molecule has 146 valence electrons. The first-order valence-electron chi connectivity index (χ1n) is 7.52. The number of nitrogens with one attached hydrogen (secondary N) is 1. The third-order valence-electron chi connectivity index (χ3n) is 3.47. The molecule has 0 aliphatic carbocycles. The van der Waals surface area contributed by atoms with Gasteiger partial charge in [-0.3, -0.25) is 14.8 Å². The van der Waals surface area contributed by atoms with Crippen LogP contribution in [0, 0.1) is 0 Å². The molecule has 2 heterocycles. The van der Waals surface area contributed by atoms with Crippen molar-refractivity contribution in [3.05, 3.63) is 40.8 Å². The van der Waals surface area contributed by atoms with E-state index in [1.807, 2.05) is 0 Å². The van der Waals surface area contributed by atoms with Gasteiger partial charge in [-0.15, -0.1) is 8.78 Å². The summed E-state index contributed by atoms with van der Waals surface area (Å²) >= 11 is 11.9. The van der Waals surface area contributed by atoms with Crippen LogP contribution in [0.25, 0.3) is 11.3 Å². The van der Waals surface area contributed by atoms with Gasteiger partial charge in [-0.1, -0.05) is 23.2 Å². The number of carbonyl (C=O) groups is 1. The first kappa shape index (κ1) is 19.8. The normalized spacial score (nSPS) is 15.5. The molecule has 1 aromatic carbocycles. The van der Waals surface area contributed by atoms with Crippen LogP contribution in [0.4, 0.5) is 14.6 Å². The molecular formula is C16H11Cl2F2N5O3. The number of halogens is 4. The maximum absolute atomic E-state index is 13.2. The smallest absolute Gasteiger partial charge is 0.403 e. The average molecular weight is 430 g/mol. The van der Waals surface area contributed by atoms with Crippen LogP contribution >= 0.6 is 23.2 Å². The van der Waals surface area contributed by atoms with Crippen molar-refractivity contribution in [2.45, 2.75) is 6.29 Å². The summed E-state index contributed by atoms with van der Waals surface area (Å²) in [7, 11) is 1.38. The monoisotopic (exact) mass is 429 g/mol. The summed E-state index contributed by atoms with van der Waals surface area (Å²) in [5, 5.41) is 2.52. The minimum Gasteiger partial charge on any atom is -0.403 e. The zero-order chi connectivity index (χ0) is 20.5. The molecule has 0 bridgehead atoms. The lowest BCUT2D eigenvalue weighted by Gasteiger charge is -2.08. The molecule has 0 saturated heterocycles. The Labute approximate surface area is 167 Å². The number of fused-ring (bicyclic) bond motifs is 1. The van der Waals surface area contributed by atoms with Crippen LogP contribution in [0.5, 0.6) is 11.5 Å². The number of carbonyl (C=O) groups excluding carboxylic acids is 1. The van der Waals surface area contributed by atoms with E-state index < -0.39 is 12.2 Å². The number of rotatable bonds is 4. The van der Waals surface area contributed by atoms with Crippen LogP contribution in [0.3, 0.4) is 0 Å². The van der Waals surface area contributed by atoms with Crippen LogP contribution in [-0.2, 0) is 4.79 Å². The number of nitrogens with two attached hydrogens (primary N) is 1. The van der Waals surface area contributed by atoms with Crippen molar-refractivity contribution in [3.8, 4) is 22.8 Å². The molecule has 28 heavy (non-hydrogen) atoms. The molecule has 0 spiro atoms. The molecule has 0 radical (unpaired) electrons. The number of aromatic nitrogens is 2. The fourth-order valence-corrected chi connectivity index (χ4v) is 2.69. The number of hydrogen-bond donors (Lipinski definition) is 2. The van der Waals surface area contributed by atoms with E-state index in [1.54, 1.807) is 0 Å². The summed E-state index contributed by atoms with van der Waals surface area (Å²) in [5.74, 6) is -0.915. The topological polar surface area (TPSA) is 112 Å². The van der Waals surface area contributed by atoms with E-state index in [1.165, 1.54) is 31.6 Å². The van der Waals surface area contributed by atoms with Crippen molar-refractivity contribution in [2.24, 2.45) is 10.7 Å². The van der Waals surface area contributed by atoms with Crippen molar-refractivity contribution in [3.63, 3.8) is 0 Å². The Balaban J connectivity index is 1.82. The summed E-state index contributed by atoms with van der Waals surface area (Å²) in [4.78, 5) is 24.0. The minimum absolute atomic E-state index is 0.0338. The molecule has 0 saturated carbocycles. The number of amides is 1. The summed E-state index contributed by atoms with van der Waals surface area (Å²) < 4.78 is 35.1. The Hall–Kier alpha value is -2.98. The SMILES string of the molecule is CN=C(C(=O)Nc1cnc(-c2cc3c(cc2Cl)OC(F)(F)O3)cn1)/C(Cl)=C\N. The van der Waals surface area contributed by atoms with E-state index in [2.05, 4.69) is 29.8 Å². The molecule has 12 heteroatoms. The van der Waals surface area contributed by atoms with Crippen LogP contribution < -0.4 is 20.5 Å². The van der Waals surface area contributed by atoms with E-state index in [0.29, 0.717) is 0 Å². The van der Waals surface area contributed by atoms with Crippen molar-refractivity contribution < 1.29 is 23.0 Å². The van der Waals surface area contributed by atoms with Gasteiger partial charge in [0.05, 0.1) is 28.1 Å². The van der Waals surface area contributed by atoms with Crippen LogP contribution in [0.1, 0.15) is 0 Å². The maximum atomic E-state index is 13.2. The molecule has 1 aromatic heterocycles. The van der Waals surface area contributed by atoms with E-state index in [4.69, 9.17) is 28.9 Å². The van der Waals surface area contributed by atoms with Crippen LogP contribution in [-0.4, -0.2) is 34.9 Å². The fourth-order valence-electron chi connectivity index (χ4n) is 2.27. The summed E-state index contributed by atoms with van der Waals surface area (Å²) in [6.45, 7) is 0. The number of anilines is 1. The lowest BCUT2D eigenvalue weighted by atomic mass is 10.1. The first-order chi connectivity index (χ1) is 13.2. The standard InChI is InChI=1S/C16H11Cl2F2N5O3/c1-22-14(9(18)4-21)15(26)25-13-6-23-10(5-24-13)7-2-11-12(3-8(7)17)28-16(19,20)27-11/h2-6H,21H2,1H3,(H,24,25,26)/b9-4+,22-14?. The highest BCUT2D eigenvalue weighted by Crippen LogP contribution is 2.45. The number of hydrogen-bond acceptors (Lipinski definition) is 7. The van der Waals surface area contributed by atoms with Crippen molar-refractivity contribution in [1.82, 2.24) is 9.97 Å². The highest BCUT2D eigenvalue weighted by atomic mass is 35.5. The molecule has 1 aliphatic heterocycles. The van der Waals surface area contributed by atoms with Crippen molar-refractivity contribution >= 4 is 40.6 Å². The molecule has 8 nitrogen and oxygen atoms in total. The molecule has 3 rings (SSSR count). The highest BCUT2D eigenvalue weighted by molar-refractivity contribution is 6.61. The third kappa shape index (κ3) is 3.97. The number of aliphatic imine (C=N–C) groups is 1. The van der Waals surface area contributed by atoms with Crippen LogP contribution in [0.15, 0.2) is 40.8 Å². The number of alkyl halides is 2. The molecular weight excluding hydrogens is 419 g/mol. The Bertz CT molecular complexity index is 997. The van der Waals surface area contributed by atoms with Gasteiger partial charge in [-0.05, 0) is 6.07 Å². The molecule has 0 unspecified atom stereocenters. The number of ether oxygens (including phenoxy) is 2. The maximum Gasteiger partial charge on any atom is 0.586 e. The van der Waals surface area contributed by atoms with Gasteiger partial charge in [0.2, 0.25) is 0 Å². The van der Waals surface area contributed by atoms with E-state index >= 15 is 0 Å². The Morgan fingerprint density at radius 2 is 1.96 bits per heavy atom. The van der Waals surface area contributed by atoms with E-state index in [0.717, 1.165) is 6.20 Å². The largest absolute Gasteiger partial charge is 0.586 e. The second kappa shape index (κ2) is 7.56. The molecule has 0 fully saturated rings. The predicted octanol–water partition coefficient (Wildman–Crippen LogP) is 3.17. The van der Waals surface area contributed by atoms with Gasteiger partial charge >= 0.3 is 6.29 Å². The summed E-state index contributed by atoms with van der Waals surface area (Å²) in [6, 6.07) is 2.45. The van der Waals surface area contributed by atoms with Crippen molar-refractivity contribution in [2.75, 3.05) is 12.4 Å². The lowest BCUT2D eigenvalue weighted by molar-refractivity contribution is -0.286. The van der Waals surface area contributed by atoms with E-state index in [-0.39, 0.29) is 44.3 Å². The number of nitrogens with zero attached hydrogens (tertiary/aromatic N) is 3.